The molecule has 0 radical (unpaired) electrons. The molecular formula is C16H23FN4O. The number of hydrogen-bond donors (Lipinski definition) is 4. The molecule has 2 heterocycles. The SMILES string of the molecule is CC(C)(NC(=O)C1NNC2CCNCC21)c1cccc(F)c1. The number of piperidine rings is 1. The van der Waals surface area contributed by atoms with Crippen molar-refractivity contribution in [3.63, 3.8) is 0 Å². The quantitative estimate of drug-likeness (QED) is 0.661. The minimum Gasteiger partial charge on any atom is -0.346 e. The molecule has 0 bridgehead atoms. The molecule has 22 heavy (non-hydrogen) atoms. The van der Waals surface area contributed by atoms with Crippen molar-refractivity contribution in [2.75, 3.05) is 13.1 Å². The first-order valence-corrected chi connectivity index (χ1v) is 7.77. The van der Waals surface area contributed by atoms with Crippen molar-refractivity contribution in [1.82, 2.24) is 21.5 Å². The average molecular weight is 306 g/mol. The lowest BCUT2D eigenvalue weighted by Gasteiger charge is -2.31. The largest absolute Gasteiger partial charge is 0.346 e. The Hall–Kier alpha value is -1.50. The van der Waals surface area contributed by atoms with Crippen molar-refractivity contribution < 1.29 is 9.18 Å². The summed E-state index contributed by atoms with van der Waals surface area (Å²) in [6, 6.07) is 6.41. The van der Waals surface area contributed by atoms with E-state index >= 15 is 0 Å². The fraction of sp³-hybridized carbons (Fsp3) is 0.562. The predicted molar refractivity (Wildman–Crippen MR) is 82.4 cm³/mol. The summed E-state index contributed by atoms with van der Waals surface area (Å²) in [6.07, 6.45) is 1.01. The lowest BCUT2D eigenvalue weighted by atomic mass is 9.87. The molecule has 0 aromatic heterocycles. The number of carbonyl (C=O) groups excluding carboxylic acids is 1. The van der Waals surface area contributed by atoms with Crippen LogP contribution in [0.4, 0.5) is 4.39 Å². The van der Waals surface area contributed by atoms with E-state index in [-0.39, 0.29) is 23.7 Å². The molecule has 3 rings (SSSR count). The summed E-state index contributed by atoms with van der Waals surface area (Å²) in [7, 11) is 0. The maximum atomic E-state index is 13.4. The summed E-state index contributed by atoms with van der Waals surface area (Å²) >= 11 is 0. The zero-order valence-corrected chi connectivity index (χ0v) is 12.9. The summed E-state index contributed by atoms with van der Waals surface area (Å²) in [5.41, 5.74) is 6.45. The van der Waals surface area contributed by atoms with E-state index in [0.717, 1.165) is 25.1 Å². The Kier molecular flexibility index (Phi) is 4.16. The standard InChI is InChI=1S/C16H23FN4O/c1-16(2,10-4-3-5-11(17)8-10)19-15(22)14-12-9-18-7-6-13(12)20-21-14/h3-5,8,12-14,18,20-21H,6-7,9H2,1-2H3,(H,19,22). The number of amides is 1. The minimum absolute atomic E-state index is 0.0574. The molecule has 2 fully saturated rings. The Labute approximate surface area is 130 Å². The smallest absolute Gasteiger partial charge is 0.239 e. The first-order valence-electron chi connectivity index (χ1n) is 7.77. The number of hydrogen-bond acceptors (Lipinski definition) is 4. The van der Waals surface area contributed by atoms with Gasteiger partial charge in [0, 0.05) is 18.5 Å². The number of fused-ring (bicyclic) bond motifs is 1. The highest BCUT2D eigenvalue weighted by Crippen LogP contribution is 2.24. The van der Waals surface area contributed by atoms with Gasteiger partial charge in [-0.1, -0.05) is 12.1 Å². The monoisotopic (exact) mass is 306 g/mol. The lowest BCUT2D eigenvalue weighted by molar-refractivity contribution is -0.125. The van der Waals surface area contributed by atoms with E-state index in [0.29, 0.717) is 6.04 Å². The Balaban J connectivity index is 1.70. The molecule has 6 heteroatoms. The van der Waals surface area contributed by atoms with Crippen LogP contribution in [0.5, 0.6) is 0 Å². The van der Waals surface area contributed by atoms with Crippen LogP contribution < -0.4 is 21.5 Å². The number of halogens is 1. The van der Waals surface area contributed by atoms with Gasteiger partial charge in [-0.3, -0.25) is 10.2 Å². The maximum Gasteiger partial charge on any atom is 0.239 e. The van der Waals surface area contributed by atoms with Crippen molar-refractivity contribution in [3.8, 4) is 0 Å². The summed E-state index contributed by atoms with van der Waals surface area (Å²) in [5, 5.41) is 6.37. The molecule has 1 aromatic rings. The second-order valence-corrected chi connectivity index (χ2v) is 6.65. The summed E-state index contributed by atoms with van der Waals surface area (Å²) in [4.78, 5) is 12.6. The maximum absolute atomic E-state index is 13.4. The van der Waals surface area contributed by atoms with Crippen molar-refractivity contribution in [2.45, 2.75) is 37.9 Å². The van der Waals surface area contributed by atoms with Crippen LogP contribution in [0.3, 0.4) is 0 Å². The number of carbonyl (C=O) groups is 1. The molecule has 2 aliphatic rings. The van der Waals surface area contributed by atoms with E-state index in [4.69, 9.17) is 0 Å². The van der Waals surface area contributed by atoms with Crippen LogP contribution >= 0.6 is 0 Å². The lowest BCUT2D eigenvalue weighted by Crippen LogP contribution is -2.53. The highest BCUT2D eigenvalue weighted by Gasteiger charge is 2.42. The van der Waals surface area contributed by atoms with Gasteiger partial charge in [0.05, 0.1) is 5.54 Å². The van der Waals surface area contributed by atoms with Crippen LogP contribution in [0.2, 0.25) is 0 Å². The molecule has 120 valence electrons. The third-order valence-electron chi connectivity index (χ3n) is 4.65. The molecule has 3 unspecified atom stereocenters. The van der Waals surface area contributed by atoms with E-state index in [1.165, 1.54) is 12.1 Å². The van der Waals surface area contributed by atoms with Gasteiger partial charge in [0.2, 0.25) is 5.91 Å². The van der Waals surface area contributed by atoms with Crippen LogP contribution in [0.1, 0.15) is 25.8 Å². The number of nitrogens with one attached hydrogen (secondary N) is 4. The molecule has 2 aliphatic heterocycles. The second kappa shape index (κ2) is 5.95. The van der Waals surface area contributed by atoms with Crippen molar-refractivity contribution in [1.29, 1.82) is 0 Å². The zero-order valence-electron chi connectivity index (χ0n) is 12.9. The molecule has 5 nitrogen and oxygen atoms in total. The summed E-state index contributed by atoms with van der Waals surface area (Å²) < 4.78 is 13.4. The molecule has 3 atom stereocenters. The zero-order chi connectivity index (χ0) is 15.7. The molecule has 0 spiro atoms. The fourth-order valence-corrected chi connectivity index (χ4v) is 3.31. The van der Waals surface area contributed by atoms with Gasteiger partial charge >= 0.3 is 0 Å². The van der Waals surface area contributed by atoms with E-state index in [1.807, 2.05) is 19.9 Å². The minimum atomic E-state index is -0.624. The highest BCUT2D eigenvalue weighted by molar-refractivity contribution is 5.83. The molecule has 0 saturated carbocycles. The number of hydrazine groups is 1. The van der Waals surface area contributed by atoms with Crippen LogP contribution in [-0.2, 0) is 10.3 Å². The molecule has 2 saturated heterocycles. The van der Waals surface area contributed by atoms with Crippen molar-refractivity contribution in [3.05, 3.63) is 35.6 Å². The molecule has 4 N–H and O–H groups in total. The first-order chi connectivity index (χ1) is 10.5. The summed E-state index contributed by atoms with van der Waals surface area (Å²) in [5.74, 6) is -0.118. The van der Waals surface area contributed by atoms with Crippen molar-refractivity contribution in [2.24, 2.45) is 5.92 Å². The third kappa shape index (κ3) is 2.99. The predicted octanol–water partition coefficient (Wildman–Crippen LogP) is 0.632. The molecular weight excluding hydrogens is 283 g/mol. The molecule has 1 amide bonds. The number of benzene rings is 1. The normalized spacial score (nSPS) is 28.2. The van der Waals surface area contributed by atoms with Gasteiger partial charge in [0.15, 0.2) is 0 Å². The van der Waals surface area contributed by atoms with Crippen molar-refractivity contribution >= 4 is 5.91 Å². The summed E-state index contributed by atoms with van der Waals surface area (Å²) in [6.45, 7) is 5.57. The van der Waals surface area contributed by atoms with E-state index in [2.05, 4.69) is 21.5 Å². The van der Waals surface area contributed by atoms with Gasteiger partial charge in [0.25, 0.3) is 0 Å². The Morgan fingerprint density at radius 3 is 2.95 bits per heavy atom. The third-order valence-corrected chi connectivity index (χ3v) is 4.65. The van der Waals surface area contributed by atoms with Crippen LogP contribution in [0.25, 0.3) is 0 Å². The van der Waals surface area contributed by atoms with E-state index < -0.39 is 5.54 Å². The van der Waals surface area contributed by atoms with Gasteiger partial charge in [-0.05, 0) is 44.5 Å². The second-order valence-electron chi connectivity index (χ2n) is 6.65. The van der Waals surface area contributed by atoms with Gasteiger partial charge in [-0.25, -0.2) is 9.82 Å². The number of rotatable bonds is 3. The van der Waals surface area contributed by atoms with Gasteiger partial charge in [-0.15, -0.1) is 0 Å². The fourth-order valence-electron chi connectivity index (χ4n) is 3.31. The van der Waals surface area contributed by atoms with Crippen LogP contribution in [-0.4, -0.2) is 31.1 Å². The average Bonchev–Trinajstić information content (AvgIpc) is 2.91. The molecule has 1 aromatic carbocycles. The Morgan fingerprint density at radius 2 is 2.18 bits per heavy atom. The Bertz CT molecular complexity index is 563. The van der Waals surface area contributed by atoms with Crippen LogP contribution in [0.15, 0.2) is 24.3 Å². The van der Waals surface area contributed by atoms with E-state index in [1.54, 1.807) is 6.07 Å². The molecule has 0 aliphatic carbocycles. The van der Waals surface area contributed by atoms with E-state index in [9.17, 15) is 9.18 Å². The topological polar surface area (TPSA) is 65.2 Å². The van der Waals surface area contributed by atoms with Gasteiger partial charge in [0.1, 0.15) is 11.9 Å². The first kappa shape index (κ1) is 15.4. The Morgan fingerprint density at radius 1 is 1.36 bits per heavy atom. The van der Waals surface area contributed by atoms with Gasteiger partial charge in [-0.2, -0.15) is 0 Å². The van der Waals surface area contributed by atoms with Gasteiger partial charge < -0.3 is 10.6 Å². The van der Waals surface area contributed by atoms with Crippen LogP contribution in [0, 0.1) is 11.7 Å². The highest BCUT2D eigenvalue weighted by atomic mass is 19.1.